The Balaban J connectivity index is 1.92. The van der Waals surface area contributed by atoms with E-state index in [9.17, 15) is 13.2 Å². The molecule has 6 heteroatoms. The molecule has 20 heavy (non-hydrogen) atoms. The maximum atomic E-state index is 13.1. The van der Waals surface area contributed by atoms with E-state index in [1.807, 2.05) is 6.92 Å². The van der Waals surface area contributed by atoms with Gasteiger partial charge in [0, 0.05) is 5.69 Å². The molecule has 0 unspecified atom stereocenters. The first kappa shape index (κ1) is 14.8. The van der Waals surface area contributed by atoms with Crippen molar-refractivity contribution in [1.82, 2.24) is 0 Å². The van der Waals surface area contributed by atoms with Crippen molar-refractivity contribution in [3.05, 3.63) is 53.2 Å². The SMILES string of the molecule is Cc1ccc(F)cc1NCc1ccc(CSC(F)F)o1. The molecule has 1 aromatic heterocycles. The Morgan fingerprint density at radius 2 is 1.95 bits per heavy atom. The van der Waals surface area contributed by atoms with Crippen LogP contribution in [0.4, 0.5) is 18.9 Å². The zero-order valence-electron chi connectivity index (χ0n) is 10.8. The van der Waals surface area contributed by atoms with E-state index in [0.717, 1.165) is 5.56 Å². The second-order valence-corrected chi connectivity index (χ2v) is 5.23. The monoisotopic (exact) mass is 301 g/mol. The molecule has 0 aliphatic heterocycles. The van der Waals surface area contributed by atoms with Gasteiger partial charge in [0.1, 0.15) is 17.3 Å². The van der Waals surface area contributed by atoms with Gasteiger partial charge in [-0.15, -0.1) is 0 Å². The van der Waals surface area contributed by atoms with Crippen molar-refractivity contribution in [3.63, 3.8) is 0 Å². The average Bonchev–Trinajstić information content (AvgIpc) is 2.85. The zero-order chi connectivity index (χ0) is 14.5. The van der Waals surface area contributed by atoms with E-state index in [1.165, 1.54) is 12.1 Å². The highest BCUT2D eigenvalue weighted by Crippen LogP contribution is 2.22. The molecule has 0 saturated carbocycles. The normalized spacial score (nSPS) is 11.1. The molecular weight excluding hydrogens is 287 g/mol. The van der Waals surface area contributed by atoms with Crippen LogP contribution >= 0.6 is 11.8 Å². The van der Waals surface area contributed by atoms with Crippen molar-refractivity contribution < 1.29 is 17.6 Å². The molecule has 0 amide bonds. The number of furan rings is 1. The van der Waals surface area contributed by atoms with Gasteiger partial charge in [-0.25, -0.2) is 4.39 Å². The predicted octanol–water partition coefficient (Wildman–Crippen LogP) is 4.80. The Morgan fingerprint density at radius 1 is 1.20 bits per heavy atom. The standard InChI is InChI=1S/C14H14F3NOS/c1-9-2-3-10(15)6-13(9)18-7-11-4-5-12(19-11)8-20-14(16)17/h2-6,14,18H,7-8H2,1H3. The van der Waals surface area contributed by atoms with Crippen LogP contribution in [-0.2, 0) is 12.3 Å². The van der Waals surface area contributed by atoms with E-state index in [-0.39, 0.29) is 11.6 Å². The minimum absolute atomic E-state index is 0.136. The van der Waals surface area contributed by atoms with Crippen LogP contribution in [0.15, 0.2) is 34.7 Å². The Morgan fingerprint density at radius 3 is 2.70 bits per heavy atom. The topological polar surface area (TPSA) is 25.2 Å². The molecule has 2 nitrogen and oxygen atoms in total. The fraction of sp³-hybridized carbons (Fsp3) is 0.286. The van der Waals surface area contributed by atoms with Crippen molar-refractivity contribution in [1.29, 1.82) is 0 Å². The molecule has 2 rings (SSSR count). The van der Waals surface area contributed by atoms with Crippen LogP contribution in [-0.4, -0.2) is 5.76 Å². The average molecular weight is 301 g/mol. The van der Waals surface area contributed by atoms with Gasteiger partial charge in [0.05, 0.1) is 12.3 Å². The number of nitrogens with one attached hydrogen (secondary N) is 1. The van der Waals surface area contributed by atoms with Crippen LogP contribution in [0.25, 0.3) is 0 Å². The molecular formula is C14H14F3NOS. The van der Waals surface area contributed by atoms with Gasteiger partial charge in [-0.1, -0.05) is 17.8 Å². The third-order valence-corrected chi connectivity index (χ3v) is 3.42. The molecule has 2 aromatic rings. The van der Waals surface area contributed by atoms with Gasteiger partial charge in [-0.3, -0.25) is 0 Å². The highest BCUT2D eigenvalue weighted by Gasteiger charge is 2.08. The molecule has 108 valence electrons. The van der Waals surface area contributed by atoms with Crippen molar-refractivity contribution >= 4 is 17.4 Å². The smallest absolute Gasteiger partial charge is 0.284 e. The summed E-state index contributed by atoms with van der Waals surface area (Å²) in [5, 5.41) is 3.06. The molecule has 0 aliphatic rings. The molecule has 0 saturated heterocycles. The molecule has 1 aromatic carbocycles. The molecule has 0 radical (unpaired) electrons. The Hall–Kier alpha value is -1.56. The second kappa shape index (κ2) is 6.74. The Labute approximate surface area is 119 Å². The quantitative estimate of drug-likeness (QED) is 0.830. The molecule has 0 bridgehead atoms. The number of anilines is 1. The third-order valence-electron chi connectivity index (χ3n) is 2.72. The number of thioether (sulfide) groups is 1. The van der Waals surface area contributed by atoms with Gasteiger partial charge >= 0.3 is 0 Å². The Bertz CT molecular complexity index is 571. The molecule has 0 atom stereocenters. The van der Waals surface area contributed by atoms with Crippen molar-refractivity contribution in [3.8, 4) is 0 Å². The molecule has 0 fully saturated rings. The van der Waals surface area contributed by atoms with Crippen molar-refractivity contribution in [2.75, 3.05) is 5.32 Å². The highest BCUT2D eigenvalue weighted by atomic mass is 32.2. The number of aryl methyl sites for hydroxylation is 1. The summed E-state index contributed by atoms with van der Waals surface area (Å²) >= 11 is 0.519. The van der Waals surface area contributed by atoms with Crippen molar-refractivity contribution in [2.45, 2.75) is 25.0 Å². The minimum atomic E-state index is -2.41. The number of hydrogen-bond acceptors (Lipinski definition) is 3. The second-order valence-electron chi connectivity index (χ2n) is 4.25. The summed E-state index contributed by atoms with van der Waals surface area (Å²) in [5.41, 5.74) is 1.61. The summed E-state index contributed by atoms with van der Waals surface area (Å²) in [6, 6.07) is 7.89. The third kappa shape index (κ3) is 4.23. The van der Waals surface area contributed by atoms with E-state index in [2.05, 4.69) is 5.32 Å². The van der Waals surface area contributed by atoms with Crippen LogP contribution in [0.5, 0.6) is 0 Å². The first-order valence-electron chi connectivity index (χ1n) is 6.02. The number of halogens is 3. The van der Waals surface area contributed by atoms with E-state index in [0.29, 0.717) is 35.5 Å². The first-order valence-corrected chi connectivity index (χ1v) is 7.07. The maximum Gasteiger partial charge on any atom is 0.284 e. The van der Waals surface area contributed by atoms with E-state index >= 15 is 0 Å². The predicted molar refractivity (Wildman–Crippen MR) is 74.5 cm³/mol. The van der Waals surface area contributed by atoms with Crippen LogP contribution in [0.3, 0.4) is 0 Å². The Kier molecular flexibility index (Phi) is 5.00. The van der Waals surface area contributed by atoms with E-state index < -0.39 is 5.76 Å². The summed E-state index contributed by atoms with van der Waals surface area (Å²) in [5.74, 6) is -1.46. The van der Waals surface area contributed by atoms with Crippen LogP contribution in [0, 0.1) is 12.7 Å². The lowest BCUT2D eigenvalue weighted by Gasteiger charge is -2.08. The molecule has 1 N–H and O–H groups in total. The van der Waals surface area contributed by atoms with Crippen LogP contribution in [0.2, 0.25) is 0 Å². The van der Waals surface area contributed by atoms with Gasteiger partial charge in [-0.2, -0.15) is 8.78 Å². The fourth-order valence-electron chi connectivity index (χ4n) is 1.71. The fourth-order valence-corrected chi connectivity index (χ4v) is 2.15. The summed E-state index contributed by atoms with van der Waals surface area (Å²) in [6.45, 7) is 2.25. The summed E-state index contributed by atoms with van der Waals surface area (Å²) in [4.78, 5) is 0. The van der Waals surface area contributed by atoms with Crippen molar-refractivity contribution in [2.24, 2.45) is 0 Å². The van der Waals surface area contributed by atoms with E-state index in [4.69, 9.17) is 4.42 Å². The maximum absolute atomic E-state index is 13.1. The van der Waals surface area contributed by atoms with Gasteiger partial charge in [0.25, 0.3) is 5.76 Å². The largest absolute Gasteiger partial charge is 0.463 e. The lowest BCUT2D eigenvalue weighted by atomic mass is 10.2. The van der Waals surface area contributed by atoms with Gasteiger partial charge in [-0.05, 0) is 36.8 Å². The summed E-state index contributed by atoms with van der Waals surface area (Å²) in [7, 11) is 0. The number of benzene rings is 1. The van der Waals surface area contributed by atoms with Crippen LogP contribution < -0.4 is 5.32 Å². The number of rotatable bonds is 6. The highest BCUT2D eigenvalue weighted by molar-refractivity contribution is 7.98. The molecule has 0 spiro atoms. The summed E-state index contributed by atoms with van der Waals surface area (Å²) in [6.07, 6.45) is 0. The number of alkyl halides is 2. The van der Waals surface area contributed by atoms with Gasteiger partial charge in [0.2, 0.25) is 0 Å². The van der Waals surface area contributed by atoms with Gasteiger partial charge < -0.3 is 9.73 Å². The van der Waals surface area contributed by atoms with Crippen LogP contribution in [0.1, 0.15) is 17.1 Å². The first-order chi connectivity index (χ1) is 9.54. The lowest BCUT2D eigenvalue weighted by Crippen LogP contribution is -2.00. The minimum Gasteiger partial charge on any atom is -0.463 e. The summed E-state index contributed by atoms with van der Waals surface area (Å²) < 4.78 is 42.6. The zero-order valence-corrected chi connectivity index (χ0v) is 11.6. The van der Waals surface area contributed by atoms with Gasteiger partial charge in [0.15, 0.2) is 0 Å². The number of hydrogen-bond donors (Lipinski definition) is 1. The lowest BCUT2D eigenvalue weighted by molar-refractivity contribution is 0.251. The molecule has 0 aliphatic carbocycles. The van der Waals surface area contributed by atoms with E-state index in [1.54, 1.807) is 18.2 Å². The molecule has 1 heterocycles.